The zero-order chi connectivity index (χ0) is 20.0. The molecule has 0 aliphatic heterocycles. The van der Waals surface area contributed by atoms with Crippen molar-refractivity contribution < 1.29 is 22.0 Å². The summed E-state index contributed by atoms with van der Waals surface area (Å²) in [4.78, 5) is 12.3. The van der Waals surface area contributed by atoms with E-state index in [2.05, 4.69) is 5.32 Å². The van der Waals surface area contributed by atoms with Crippen molar-refractivity contribution in [3.05, 3.63) is 54.1 Å². The fourth-order valence-electron chi connectivity index (χ4n) is 2.13. The van der Waals surface area contributed by atoms with E-state index in [-0.39, 0.29) is 27.2 Å². The zero-order valence-electron chi connectivity index (χ0n) is 14.1. The largest absolute Gasteiger partial charge is 0.324 e. The first-order valence-electron chi connectivity index (χ1n) is 7.54. The number of nitrogens with zero attached hydrogens (tertiary/aromatic N) is 2. The first-order valence-corrected chi connectivity index (χ1v) is 9.86. The van der Waals surface area contributed by atoms with Gasteiger partial charge in [-0.25, -0.2) is 8.42 Å². The van der Waals surface area contributed by atoms with Gasteiger partial charge in [0.15, 0.2) is 0 Å². The third-order valence-corrected chi connectivity index (χ3v) is 6.04. The normalized spacial score (nSPS) is 11.4. The Balaban J connectivity index is 2.10. The lowest BCUT2D eigenvalue weighted by molar-refractivity contribution is -0.116. The molecule has 2 aromatic rings. The molecule has 1 amide bonds. The third kappa shape index (κ3) is 5.50. The number of carbonyl (C=O) groups is 1. The van der Waals surface area contributed by atoms with Crippen LogP contribution in [0, 0.1) is 11.3 Å². The molecule has 142 valence electrons. The molecular weight excluding hydrogens is 396 g/mol. The molecule has 27 heavy (non-hydrogen) atoms. The summed E-state index contributed by atoms with van der Waals surface area (Å²) in [5.74, 6) is -3.32. The summed E-state index contributed by atoms with van der Waals surface area (Å²) >= 11 is 0.286. The van der Waals surface area contributed by atoms with E-state index in [4.69, 9.17) is 5.26 Å². The van der Waals surface area contributed by atoms with Gasteiger partial charge in [-0.05, 0) is 36.4 Å². The lowest BCUT2D eigenvalue weighted by Crippen LogP contribution is -2.35. The summed E-state index contributed by atoms with van der Waals surface area (Å²) in [5, 5.41) is 11.2. The van der Waals surface area contributed by atoms with Crippen LogP contribution in [0.15, 0.2) is 58.3 Å². The second-order valence-electron chi connectivity index (χ2n) is 5.32. The molecule has 0 unspecified atom stereocenters. The maximum atomic E-state index is 12.6. The second-order valence-corrected chi connectivity index (χ2v) is 8.40. The fraction of sp³-hybridized carbons (Fsp3) is 0.176. The molecule has 0 saturated carbocycles. The molecule has 0 atom stereocenters. The summed E-state index contributed by atoms with van der Waals surface area (Å²) in [6, 6.07) is 13.2. The van der Waals surface area contributed by atoms with Gasteiger partial charge in [-0.3, -0.25) is 4.79 Å². The van der Waals surface area contributed by atoms with Crippen LogP contribution in [0.1, 0.15) is 5.56 Å². The summed E-state index contributed by atoms with van der Waals surface area (Å²) in [7, 11) is -2.71. The summed E-state index contributed by atoms with van der Waals surface area (Å²) in [6.07, 6.45) is 0. The van der Waals surface area contributed by atoms with Crippen molar-refractivity contribution in [3.8, 4) is 6.07 Å². The van der Waals surface area contributed by atoms with Gasteiger partial charge in [-0.15, -0.1) is 0 Å². The Hall–Kier alpha value is -2.48. The number of likely N-dealkylation sites (N-methyl/N-ethyl adjacent to an activating group) is 1. The molecule has 0 aliphatic carbocycles. The predicted molar refractivity (Wildman–Crippen MR) is 97.9 cm³/mol. The lowest BCUT2D eigenvalue weighted by atomic mass is 10.2. The van der Waals surface area contributed by atoms with E-state index in [1.807, 2.05) is 6.07 Å². The number of para-hydroxylation sites is 1. The average molecular weight is 411 g/mol. The van der Waals surface area contributed by atoms with E-state index in [0.717, 1.165) is 4.31 Å². The Labute approximate surface area is 159 Å². The molecule has 1 N–H and O–H groups in total. The van der Waals surface area contributed by atoms with E-state index < -0.39 is 28.2 Å². The van der Waals surface area contributed by atoms with Crippen molar-refractivity contribution in [1.29, 1.82) is 5.26 Å². The number of thioether (sulfide) groups is 1. The zero-order valence-corrected chi connectivity index (χ0v) is 15.7. The van der Waals surface area contributed by atoms with Crippen LogP contribution in [-0.2, 0) is 14.8 Å². The SMILES string of the molecule is CN(CC(=O)Nc1ccccc1SC(F)F)S(=O)(=O)c1ccc(C#N)cc1. The number of amides is 1. The molecule has 0 heterocycles. The van der Waals surface area contributed by atoms with Gasteiger partial charge in [-0.1, -0.05) is 23.9 Å². The number of nitrogens with one attached hydrogen (secondary N) is 1. The van der Waals surface area contributed by atoms with Crippen LogP contribution in [0.5, 0.6) is 0 Å². The van der Waals surface area contributed by atoms with Gasteiger partial charge in [0.1, 0.15) is 0 Å². The van der Waals surface area contributed by atoms with E-state index >= 15 is 0 Å². The number of rotatable bonds is 7. The number of anilines is 1. The molecule has 0 fully saturated rings. The van der Waals surface area contributed by atoms with Gasteiger partial charge >= 0.3 is 0 Å². The van der Waals surface area contributed by atoms with E-state index in [0.29, 0.717) is 5.56 Å². The van der Waals surface area contributed by atoms with Gasteiger partial charge < -0.3 is 5.32 Å². The van der Waals surface area contributed by atoms with Crippen molar-refractivity contribution in [3.63, 3.8) is 0 Å². The van der Waals surface area contributed by atoms with Crippen LogP contribution in [0.4, 0.5) is 14.5 Å². The topological polar surface area (TPSA) is 90.3 Å². The number of alkyl halides is 2. The van der Waals surface area contributed by atoms with Gasteiger partial charge in [0, 0.05) is 11.9 Å². The number of carbonyl (C=O) groups excluding carboxylic acids is 1. The maximum absolute atomic E-state index is 12.6. The number of benzene rings is 2. The smallest absolute Gasteiger partial charge is 0.288 e. The lowest BCUT2D eigenvalue weighted by Gasteiger charge is -2.17. The summed E-state index contributed by atoms with van der Waals surface area (Å²) in [5.41, 5.74) is 0.486. The molecular formula is C17H15F2N3O3S2. The number of sulfonamides is 1. The monoisotopic (exact) mass is 411 g/mol. The average Bonchev–Trinajstić information content (AvgIpc) is 2.62. The minimum Gasteiger partial charge on any atom is -0.324 e. The maximum Gasteiger partial charge on any atom is 0.288 e. The molecule has 10 heteroatoms. The van der Waals surface area contributed by atoms with E-state index in [1.54, 1.807) is 12.1 Å². The molecule has 2 rings (SSSR count). The van der Waals surface area contributed by atoms with Crippen LogP contribution in [0.2, 0.25) is 0 Å². The molecule has 2 aromatic carbocycles. The summed E-state index contributed by atoms with van der Waals surface area (Å²) in [6.45, 7) is -0.504. The number of hydrogen-bond acceptors (Lipinski definition) is 5. The van der Waals surface area contributed by atoms with Gasteiger partial charge in [0.05, 0.1) is 28.8 Å². The highest BCUT2D eigenvalue weighted by molar-refractivity contribution is 7.99. The Kier molecular flexibility index (Phi) is 6.90. The van der Waals surface area contributed by atoms with Crippen LogP contribution < -0.4 is 5.32 Å². The Morgan fingerprint density at radius 1 is 1.22 bits per heavy atom. The van der Waals surface area contributed by atoms with E-state index in [9.17, 15) is 22.0 Å². The molecule has 0 aliphatic rings. The predicted octanol–water partition coefficient (Wildman–Crippen LogP) is 3.13. The molecule has 0 bridgehead atoms. The van der Waals surface area contributed by atoms with E-state index in [1.165, 1.54) is 43.4 Å². The molecule has 0 aromatic heterocycles. The van der Waals surface area contributed by atoms with Crippen LogP contribution in [0.25, 0.3) is 0 Å². The number of hydrogen-bond donors (Lipinski definition) is 1. The number of halogens is 2. The van der Waals surface area contributed by atoms with Crippen molar-refractivity contribution in [2.45, 2.75) is 15.5 Å². The Morgan fingerprint density at radius 2 is 1.85 bits per heavy atom. The van der Waals surface area contributed by atoms with Crippen molar-refractivity contribution in [1.82, 2.24) is 4.31 Å². The first kappa shape index (κ1) is 20.8. The Morgan fingerprint density at radius 3 is 2.44 bits per heavy atom. The summed E-state index contributed by atoms with van der Waals surface area (Å²) < 4.78 is 51.0. The van der Waals surface area contributed by atoms with Gasteiger partial charge in [-0.2, -0.15) is 18.3 Å². The first-order chi connectivity index (χ1) is 12.7. The highest BCUT2D eigenvalue weighted by Gasteiger charge is 2.23. The van der Waals surface area contributed by atoms with Crippen LogP contribution in [0.3, 0.4) is 0 Å². The Bertz CT molecular complexity index is 958. The fourth-order valence-corrected chi connectivity index (χ4v) is 3.85. The van der Waals surface area contributed by atoms with Crippen molar-refractivity contribution in [2.24, 2.45) is 0 Å². The van der Waals surface area contributed by atoms with Crippen molar-refractivity contribution >= 4 is 33.4 Å². The quantitative estimate of drug-likeness (QED) is 0.707. The molecule has 0 spiro atoms. The number of nitriles is 1. The molecule has 0 saturated heterocycles. The molecule has 0 radical (unpaired) electrons. The van der Waals surface area contributed by atoms with Gasteiger partial charge in [0.25, 0.3) is 5.76 Å². The van der Waals surface area contributed by atoms with Gasteiger partial charge in [0.2, 0.25) is 15.9 Å². The second kappa shape index (κ2) is 8.94. The van der Waals surface area contributed by atoms with Crippen LogP contribution >= 0.6 is 11.8 Å². The minimum atomic E-state index is -3.94. The molecule has 6 nitrogen and oxygen atoms in total. The highest BCUT2D eigenvalue weighted by atomic mass is 32.2. The minimum absolute atomic E-state index is 0.0644. The van der Waals surface area contributed by atoms with Crippen LogP contribution in [-0.4, -0.2) is 38.0 Å². The third-order valence-electron chi connectivity index (χ3n) is 3.44. The van der Waals surface area contributed by atoms with Crippen molar-refractivity contribution in [2.75, 3.05) is 18.9 Å². The standard InChI is InChI=1S/C17H15F2N3O3S2/c1-22(27(24,25)13-8-6-12(10-20)7-9-13)11-16(23)21-14-4-2-3-5-15(14)26-17(18)19/h2-9,17H,11H2,1H3,(H,21,23). The highest BCUT2D eigenvalue weighted by Crippen LogP contribution is 2.31.